The zero-order valence-corrected chi connectivity index (χ0v) is 31.9. The molecule has 0 spiro atoms. The van der Waals surface area contributed by atoms with Gasteiger partial charge in [0, 0.05) is 99.1 Å². The number of aromatic nitrogens is 4. The van der Waals surface area contributed by atoms with Crippen molar-refractivity contribution in [3.8, 4) is 35.2 Å². The molecule has 292 valence electrons. The van der Waals surface area contributed by atoms with Crippen LogP contribution in [-0.2, 0) is 16.5 Å². The van der Waals surface area contributed by atoms with E-state index in [0.717, 1.165) is 84.3 Å². The first-order chi connectivity index (χ1) is 27.2. The van der Waals surface area contributed by atoms with Gasteiger partial charge in [0.25, 0.3) is 0 Å². The highest BCUT2D eigenvalue weighted by atomic mass is 19.1. The van der Waals surface area contributed by atoms with Gasteiger partial charge in [0.2, 0.25) is 0 Å². The van der Waals surface area contributed by atoms with Crippen molar-refractivity contribution in [3.05, 3.63) is 47.7 Å². The number of terminal acetylenes is 1. The highest BCUT2D eigenvalue weighted by Gasteiger charge is 2.50. The van der Waals surface area contributed by atoms with Crippen molar-refractivity contribution < 1.29 is 28.1 Å². The SMILES string of the molecule is C#Cc1c(F)ccc2cc(O)cc(-c3c(F)c4nc(OCC5(CN6C7CCC6COC7)CC5)nc(N5C6CCC5CN(CCCOC)C6)c4c4cn(C)nc34)c12. The molecule has 13 heteroatoms. The molecule has 4 unspecified atom stereocenters. The third kappa shape index (κ3) is 5.95. The van der Waals surface area contributed by atoms with Crippen LogP contribution in [0, 0.1) is 29.4 Å². The largest absolute Gasteiger partial charge is 0.508 e. The smallest absolute Gasteiger partial charge is 0.319 e. The third-order valence-corrected chi connectivity index (χ3v) is 13.1. The van der Waals surface area contributed by atoms with Crippen LogP contribution in [0.3, 0.4) is 0 Å². The molecule has 2 aromatic heterocycles. The van der Waals surface area contributed by atoms with Gasteiger partial charge < -0.3 is 24.2 Å². The lowest BCUT2D eigenvalue weighted by molar-refractivity contribution is -0.0271. The number of fused-ring (bicyclic) bond motifs is 8. The van der Waals surface area contributed by atoms with Gasteiger partial charge >= 0.3 is 6.01 Å². The van der Waals surface area contributed by atoms with Gasteiger partial charge in [-0.3, -0.25) is 14.5 Å². The molecule has 6 heterocycles. The number of ether oxygens (including phenoxy) is 3. The highest BCUT2D eigenvalue weighted by Crippen LogP contribution is 2.50. The number of phenols is 1. The number of rotatable bonds is 11. The van der Waals surface area contributed by atoms with Gasteiger partial charge in [-0.1, -0.05) is 12.0 Å². The maximum absolute atomic E-state index is 17.9. The number of aryl methyl sites for hydroxylation is 1. The van der Waals surface area contributed by atoms with Gasteiger partial charge in [-0.25, -0.2) is 8.78 Å². The zero-order valence-electron chi connectivity index (χ0n) is 31.9. The van der Waals surface area contributed by atoms with E-state index in [2.05, 4.69) is 20.6 Å². The summed E-state index contributed by atoms with van der Waals surface area (Å²) >= 11 is 0. The van der Waals surface area contributed by atoms with Crippen molar-refractivity contribution in [3.63, 3.8) is 0 Å². The summed E-state index contributed by atoms with van der Waals surface area (Å²) in [7, 11) is 3.52. The number of hydrogen-bond acceptors (Lipinski definition) is 10. The molecule has 4 saturated heterocycles. The molecule has 1 saturated carbocycles. The summed E-state index contributed by atoms with van der Waals surface area (Å²) in [6.07, 6.45) is 15.1. The Kier molecular flexibility index (Phi) is 8.81. The van der Waals surface area contributed by atoms with Gasteiger partial charge in [-0.15, -0.1) is 6.42 Å². The number of methoxy groups -OCH3 is 1. The lowest BCUT2D eigenvalue weighted by Crippen LogP contribution is -2.54. The molecule has 0 radical (unpaired) electrons. The predicted octanol–water partition coefficient (Wildman–Crippen LogP) is 6.01. The number of phenolic OH excluding ortho intramolecular Hbond substituents is 1. The average molecular weight is 764 g/mol. The Labute approximate surface area is 324 Å². The topological polar surface area (TPSA) is 101 Å². The van der Waals surface area contributed by atoms with Crippen LogP contribution in [0.25, 0.3) is 43.7 Å². The molecule has 5 fully saturated rings. The Hall–Kier alpha value is -4.61. The minimum atomic E-state index is -0.657. The number of nitrogens with zero attached hydrogens (tertiary/aromatic N) is 7. The van der Waals surface area contributed by atoms with Crippen LogP contribution in [0.15, 0.2) is 30.5 Å². The summed E-state index contributed by atoms with van der Waals surface area (Å²) in [5.41, 5.74) is 0.721. The third-order valence-electron chi connectivity index (χ3n) is 13.1. The Morgan fingerprint density at radius 3 is 2.46 bits per heavy atom. The first kappa shape index (κ1) is 35.8. The highest BCUT2D eigenvalue weighted by molar-refractivity contribution is 6.18. The molecule has 56 heavy (non-hydrogen) atoms. The molecule has 5 aliphatic rings. The quantitative estimate of drug-likeness (QED) is 0.127. The van der Waals surface area contributed by atoms with E-state index in [9.17, 15) is 5.11 Å². The number of morpholine rings is 1. The number of anilines is 1. The van der Waals surface area contributed by atoms with Crippen LogP contribution in [0.4, 0.5) is 14.6 Å². The second kappa shape index (κ2) is 13.8. The van der Waals surface area contributed by atoms with Gasteiger partial charge in [-0.2, -0.15) is 15.1 Å². The molecule has 4 bridgehead atoms. The molecule has 1 aliphatic carbocycles. The predicted molar refractivity (Wildman–Crippen MR) is 210 cm³/mol. The van der Waals surface area contributed by atoms with Crippen molar-refractivity contribution in [1.82, 2.24) is 29.5 Å². The zero-order chi connectivity index (χ0) is 38.3. The number of piperazine rings is 1. The van der Waals surface area contributed by atoms with E-state index in [1.54, 1.807) is 18.8 Å². The van der Waals surface area contributed by atoms with E-state index in [4.69, 9.17) is 35.7 Å². The van der Waals surface area contributed by atoms with Crippen LogP contribution >= 0.6 is 0 Å². The van der Waals surface area contributed by atoms with Gasteiger partial charge in [0.1, 0.15) is 28.4 Å². The van der Waals surface area contributed by atoms with E-state index >= 15 is 8.78 Å². The van der Waals surface area contributed by atoms with E-state index in [1.165, 1.54) is 24.3 Å². The van der Waals surface area contributed by atoms with Gasteiger partial charge in [-0.05, 0) is 74.1 Å². The summed E-state index contributed by atoms with van der Waals surface area (Å²) < 4.78 is 52.6. The molecule has 4 aliphatic heterocycles. The summed E-state index contributed by atoms with van der Waals surface area (Å²) in [5, 5.41) is 17.7. The molecule has 5 aromatic rings. The fourth-order valence-electron chi connectivity index (χ4n) is 10.2. The summed E-state index contributed by atoms with van der Waals surface area (Å²) in [5.74, 6) is 1.74. The molecule has 11 nitrogen and oxygen atoms in total. The lowest BCUT2D eigenvalue weighted by atomic mass is 9.91. The Morgan fingerprint density at radius 1 is 1.00 bits per heavy atom. The normalized spacial score (nSPS) is 24.4. The van der Waals surface area contributed by atoms with Crippen LogP contribution in [0.1, 0.15) is 50.5 Å². The molecular weight excluding hydrogens is 717 g/mol. The van der Waals surface area contributed by atoms with Gasteiger partial charge in [0.05, 0.1) is 30.8 Å². The first-order valence-corrected chi connectivity index (χ1v) is 20.0. The standard InChI is InChI=1S/C43H47F2N7O4/c1-4-31-34(44)11-6-25-16-30(53)17-32(35(25)31)36-38(45)40-37(33-20-49(2)48-39(33)36)41(52-26-7-8-27(52)19-50(18-26)14-5-15-54-3)47-42(46-40)56-24-43(12-13-43)23-51-28-9-10-29(51)22-55-21-28/h1,6,11,16-17,20,26-29,53H,5,7-10,12-15,18-19,21-24H2,2-3H3. The van der Waals surface area contributed by atoms with Crippen molar-refractivity contribution >= 4 is 38.4 Å². The Bertz CT molecular complexity index is 2380. The average Bonchev–Trinajstić information content (AvgIpc) is 3.70. The fraction of sp³-hybridized carbons (Fsp3) is 0.512. The van der Waals surface area contributed by atoms with Crippen LogP contribution < -0.4 is 9.64 Å². The number of hydrogen-bond donors (Lipinski definition) is 1. The maximum Gasteiger partial charge on any atom is 0.319 e. The second-order valence-electron chi connectivity index (χ2n) is 16.7. The van der Waals surface area contributed by atoms with E-state index in [0.29, 0.717) is 58.2 Å². The van der Waals surface area contributed by atoms with Gasteiger partial charge in [0.15, 0.2) is 5.82 Å². The van der Waals surface area contributed by atoms with E-state index in [1.807, 2.05) is 6.20 Å². The van der Waals surface area contributed by atoms with Crippen LogP contribution in [-0.4, -0.2) is 119 Å². The first-order valence-electron chi connectivity index (χ1n) is 20.0. The number of halogens is 2. The van der Waals surface area contributed by atoms with Crippen molar-refractivity contribution in [2.45, 2.75) is 69.1 Å². The summed E-state index contributed by atoms with van der Waals surface area (Å²) in [6.45, 7) is 6.31. The maximum atomic E-state index is 17.9. The van der Waals surface area contributed by atoms with Crippen LogP contribution in [0.2, 0.25) is 0 Å². The van der Waals surface area contributed by atoms with Crippen molar-refractivity contribution in [2.24, 2.45) is 12.5 Å². The molecule has 3 aromatic carbocycles. The molecule has 0 amide bonds. The minimum Gasteiger partial charge on any atom is -0.508 e. The number of likely N-dealkylation sites (tertiary alicyclic amines) is 1. The molecule has 4 atom stereocenters. The van der Waals surface area contributed by atoms with Crippen LogP contribution in [0.5, 0.6) is 11.8 Å². The summed E-state index contributed by atoms with van der Waals surface area (Å²) in [6, 6.07) is 7.10. The monoisotopic (exact) mass is 763 g/mol. The number of benzene rings is 3. The minimum absolute atomic E-state index is 0.0168. The van der Waals surface area contributed by atoms with Crippen molar-refractivity contribution in [1.29, 1.82) is 0 Å². The lowest BCUT2D eigenvalue weighted by Gasteiger charge is -2.42. The van der Waals surface area contributed by atoms with E-state index < -0.39 is 11.6 Å². The molecule has 1 N–H and O–H groups in total. The Morgan fingerprint density at radius 2 is 1.75 bits per heavy atom. The van der Waals surface area contributed by atoms with Crippen molar-refractivity contribution in [2.75, 3.05) is 64.6 Å². The summed E-state index contributed by atoms with van der Waals surface area (Å²) in [4.78, 5) is 17.6. The fourth-order valence-corrected chi connectivity index (χ4v) is 10.2. The second-order valence-corrected chi connectivity index (χ2v) is 16.7. The Balaban J connectivity index is 1.12. The van der Waals surface area contributed by atoms with E-state index in [-0.39, 0.29) is 51.5 Å². The molecule has 10 rings (SSSR count). The number of aromatic hydroxyl groups is 1. The molecular formula is C43H47F2N7O4.